The van der Waals surface area contributed by atoms with Crippen LogP contribution < -0.4 is 5.46 Å². The second-order valence-electron chi connectivity index (χ2n) is 3.17. The van der Waals surface area contributed by atoms with E-state index in [-0.39, 0.29) is 0 Å². The highest BCUT2D eigenvalue weighted by atomic mass is 14.0. The van der Waals surface area contributed by atoms with E-state index in [1.807, 2.05) is 0 Å². The summed E-state index contributed by atoms with van der Waals surface area (Å²) in [6.45, 7) is 4.39. The van der Waals surface area contributed by atoms with E-state index in [0.717, 1.165) is 0 Å². The molecule has 0 bridgehead atoms. The third kappa shape index (κ3) is 2.11. The third-order valence-electron chi connectivity index (χ3n) is 2.11. The Labute approximate surface area is 70.0 Å². The van der Waals surface area contributed by atoms with Crippen molar-refractivity contribution in [3.8, 4) is 0 Å². The van der Waals surface area contributed by atoms with Crippen molar-refractivity contribution in [3.05, 3.63) is 29.3 Å². The summed E-state index contributed by atoms with van der Waals surface area (Å²) in [7, 11) is 2.16. The van der Waals surface area contributed by atoms with Crippen LogP contribution >= 0.6 is 0 Å². The van der Waals surface area contributed by atoms with Crippen molar-refractivity contribution in [2.45, 2.75) is 26.7 Å². The van der Waals surface area contributed by atoms with E-state index >= 15 is 0 Å². The van der Waals surface area contributed by atoms with Gasteiger partial charge in [0.2, 0.25) is 0 Å². The van der Waals surface area contributed by atoms with Crippen molar-refractivity contribution < 1.29 is 0 Å². The van der Waals surface area contributed by atoms with Crippen LogP contribution in [0.4, 0.5) is 0 Å². The molecule has 0 fully saturated rings. The first kappa shape index (κ1) is 8.38. The van der Waals surface area contributed by atoms with Crippen molar-refractivity contribution in [2.75, 3.05) is 0 Å². The molecule has 0 nitrogen and oxygen atoms in total. The maximum absolute atomic E-state index is 2.29. The highest BCUT2D eigenvalue weighted by Gasteiger charge is 1.93. The molecular weight excluding hydrogens is 131 g/mol. The van der Waals surface area contributed by atoms with E-state index in [9.17, 15) is 0 Å². The van der Waals surface area contributed by atoms with Gasteiger partial charge < -0.3 is 0 Å². The zero-order valence-corrected chi connectivity index (χ0v) is 7.65. The second-order valence-corrected chi connectivity index (χ2v) is 3.17. The predicted molar refractivity (Wildman–Crippen MR) is 53.4 cm³/mol. The summed E-state index contributed by atoms with van der Waals surface area (Å²) in [5.41, 5.74) is 4.27. The number of aryl methyl sites for hydroxylation is 2. The average molecular weight is 146 g/mol. The number of hydrogen-bond donors (Lipinski definition) is 0. The summed E-state index contributed by atoms with van der Waals surface area (Å²) in [5.74, 6) is 0. The van der Waals surface area contributed by atoms with Gasteiger partial charge in [0, 0.05) is 0 Å². The molecule has 11 heavy (non-hydrogen) atoms. The fraction of sp³-hybridized carbons (Fsp3) is 0.400. The van der Waals surface area contributed by atoms with Crippen LogP contribution in [0.3, 0.4) is 0 Å². The van der Waals surface area contributed by atoms with Gasteiger partial charge in [0.1, 0.15) is 7.85 Å². The molecule has 1 aromatic carbocycles. The van der Waals surface area contributed by atoms with Crippen molar-refractivity contribution in [3.63, 3.8) is 0 Å². The smallest absolute Gasteiger partial charge is 0.0861 e. The summed E-state index contributed by atoms with van der Waals surface area (Å²) >= 11 is 0. The van der Waals surface area contributed by atoms with Crippen molar-refractivity contribution >= 4 is 13.3 Å². The Morgan fingerprint density at radius 3 is 2.64 bits per heavy atom. The molecule has 0 N–H and O–H groups in total. The Morgan fingerprint density at radius 1 is 1.36 bits per heavy atom. The van der Waals surface area contributed by atoms with Gasteiger partial charge in [0.15, 0.2) is 0 Å². The molecule has 1 rings (SSSR count). The highest BCUT2D eigenvalue weighted by molar-refractivity contribution is 6.33. The van der Waals surface area contributed by atoms with Crippen LogP contribution in [0, 0.1) is 6.92 Å². The van der Waals surface area contributed by atoms with E-state index in [0.29, 0.717) is 0 Å². The Balaban J connectivity index is 2.86. The molecule has 0 unspecified atom stereocenters. The number of rotatable bonds is 2. The largest absolute Gasteiger partial charge is 0.139 e. The van der Waals surface area contributed by atoms with Crippen LogP contribution in [0.1, 0.15) is 24.5 Å². The van der Waals surface area contributed by atoms with Gasteiger partial charge in [-0.15, -0.1) is 0 Å². The maximum Gasteiger partial charge on any atom is 0.139 e. The van der Waals surface area contributed by atoms with E-state index in [2.05, 4.69) is 39.9 Å². The molecule has 0 amide bonds. The fourth-order valence-corrected chi connectivity index (χ4v) is 1.25. The Bertz CT molecular complexity index is 241. The molecule has 0 heterocycles. The Morgan fingerprint density at radius 2 is 2.09 bits per heavy atom. The number of benzene rings is 1. The summed E-state index contributed by atoms with van der Waals surface area (Å²) < 4.78 is 0. The lowest BCUT2D eigenvalue weighted by molar-refractivity contribution is 0.921. The predicted octanol–water partition coefficient (Wildman–Crippen LogP) is 1.21. The molecule has 1 aromatic rings. The van der Waals surface area contributed by atoms with Crippen LogP contribution in [-0.2, 0) is 6.42 Å². The minimum atomic E-state index is 1.21. The Kier molecular flexibility index (Phi) is 2.75. The lowest BCUT2D eigenvalue weighted by atomic mass is 9.89. The lowest BCUT2D eigenvalue weighted by Crippen LogP contribution is -2.06. The molecule has 0 spiro atoms. The molecule has 0 aliphatic rings. The zero-order chi connectivity index (χ0) is 8.27. The summed E-state index contributed by atoms with van der Waals surface area (Å²) in [6, 6.07) is 6.73. The summed E-state index contributed by atoms with van der Waals surface area (Å²) in [5, 5.41) is 0. The number of hydrogen-bond acceptors (Lipinski definition) is 0. The minimum Gasteiger partial charge on any atom is -0.0861 e. The van der Waals surface area contributed by atoms with Crippen LogP contribution in [-0.4, -0.2) is 7.85 Å². The van der Waals surface area contributed by atoms with Crippen LogP contribution in [0.2, 0.25) is 0 Å². The SMILES string of the molecule is Bc1ccc(CCC)cc1C. The molecule has 0 aliphatic carbocycles. The van der Waals surface area contributed by atoms with Crippen molar-refractivity contribution in [1.29, 1.82) is 0 Å². The van der Waals surface area contributed by atoms with Gasteiger partial charge in [0.05, 0.1) is 0 Å². The van der Waals surface area contributed by atoms with Gasteiger partial charge in [-0.25, -0.2) is 0 Å². The van der Waals surface area contributed by atoms with E-state index in [1.165, 1.54) is 29.4 Å². The van der Waals surface area contributed by atoms with Gasteiger partial charge in [-0.2, -0.15) is 0 Å². The second kappa shape index (κ2) is 3.61. The van der Waals surface area contributed by atoms with Gasteiger partial charge >= 0.3 is 0 Å². The molecule has 0 radical (unpaired) electrons. The van der Waals surface area contributed by atoms with Gasteiger partial charge in [0.25, 0.3) is 0 Å². The first-order valence-corrected chi connectivity index (χ1v) is 4.30. The van der Waals surface area contributed by atoms with Gasteiger partial charge in [-0.05, 0) is 18.9 Å². The third-order valence-corrected chi connectivity index (χ3v) is 2.11. The topological polar surface area (TPSA) is 0 Å². The molecule has 0 aromatic heterocycles. The van der Waals surface area contributed by atoms with Crippen molar-refractivity contribution in [2.24, 2.45) is 0 Å². The molecular formula is C10H15B. The zero-order valence-electron chi connectivity index (χ0n) is 7.65. The quantitative estimate of drug-likeness (QED) is 0.550. The highest BCUT2D eigenvalue weighted by Crippen LogP contribution is 2.03. The normalized spacial score (nSPS) is 10.0. The summed E-state index contributed by atoms with van der Waals surface area (Å²) in [4.78, 5) is 0. The molecule has 0 atom stereocenters. The lowest BCUT2D eigenvalue weighted by Gasteiger charge is -2.02. The molecule has 1 heteroatoms. The van der Waals surface area contributed by atoms with Gasteiger partial charge in [-0.1, -0.05) is 42.6 Å². The first-order chi connectivity index (χ1) is 5.24. The maximum atomic E-state index is 2.29. The molecule has 0 aliphatic heterocycles. The van der Waals surface area contributed by atoms with Crippen LogP contribution in [0.5, 0.6) is 0 Å². The fourth-order valence-electron chi connectivity index (χ4n) is 1.25. The first-order valence-electron chi connectivity index (χ1n) is 4.30. The van der Waals surface area contributed by atoms with E-state index < -0.39 is 0 Å². The van der Waals surface area contributed by atoms with E-state index in [1.54, 1.807) is 0 Å². The molecule has 0 saturated carbocycles. The Hall–Kier alpha value is -0.715. The molecule has 58 valence electrons. The molecule has 0 saturated heterocycles. The van der Waals surface area contributed by atoms with Crippen LogP contribution in [0.25, 0.3) is 0 Å². The van der Waals surface area contributed by atoms with Gasteiger partial charge in [-0.3, -0.25) is 0 Å². The average Bonchev–Trinajstić information content (AvgIpc) is 1.98. The summed E-state index contributed by atoms with van der Waals surface area (Å²) in [6.07, 6.45) is 2.45. The monoisotopic (exact) mass is 146 g/mol. The van der Waals surface area contributed by atoms with Crippen molar-refractivity contribution in [1.82, 2.24) is 0 Å². The minimum absolute atomic E-state index is 1.21. The van der Waals surface area contributed by atoms with E-state index in [4.69, 9.17) is 0 Å². The standard InChI is InChI=1S/C10H15B/c1-3-4-9-5-6-10(11)8(2)7-9/h5-7H,3-4,11H2,1-2H3. The van der Waals surface area contributed by atoms with Crippen LogP contribution in [0.15, 0.2) is 18.2 Å².